The Bertz CT molecular complexity index is 346. The van der Waals surface area contributed by atoms with Gasteiger partial charge in [-0.25, -0.2) is 4.39 Å². The van der Waals surface area contributed by atoms with Crippen LogP contribution >= 0.6 is 0 Å². The van der Waals surface area contributed by atoms with Gasteiger partial charge in [-0.2, -0.15) is 0 Å². The first-order chi connectivity index (χ1) is 10.8. The number of hydrogen-bond donors (Lipinski definition) is 1. The highest BCUT2D eigenvalue weighted by Crippen LogP contribution is 2.10. The van der Waals surface area contributed by atoms with Crippen molar-refractivity contribution in [3.8, 4) is 5.75 Å². The molecular weight excluding hydrogens is 289 g/mol. The molecule has 0 radical (unpaired) electrons. The summed E-state index contributed by atoms with van der Waals surface area (Å²) in [6.45, 7) is 13.5. The Morgan fingerprint density at radius 2 is 1.48 bits per heavy atom. The number of halogens is 1. The summed E-state index contributed by atoms with van der Waals surface area (Å²) in [5, 5.41) is 8.76. The Balaban J connectivity index is 0.000000354. The van der Waals surface area contributed by atoms with Crippen molar-refractivity contribution in [2.75, 3.05) is 19.6 Å². The summed E-state index contributed by atoms with van der Waals surface area (Å²) in [6, 6.07) is 7.09. The summed E-state index contributed by atoms with van der Waals surface area (Å²) >= 11 is 0. The van der Waals surface area contributed by atoms with Gasteiger partial charge in [0.1, 0.15) is 5.75 Å². The third-order valence-corrected chi connectivity index (χ3v) is 3.33. The fraction of sp³-hybridized carbons (Fsp3) is 0.700. The molecule has 1 aromatic rings. The summed E-state index contributed by atoms with van der Waals surface area (Å²) in [5.74, 6) is 1.16. The van der Waals surface area contributed by atoms with Crippen LogP contribution in [0.3, 0.4) is 0 Å². The van der Waals surface area contributed by atoms with Gasteiger partial charge in [-0.1, -0.05) is 44.9 Å². The third-order valence-electron chi connectivity index (χ3n) is 3.33. The molecule has 2 nitrogen and oxygen atoms in total. The highest BCUT2D eigenvalue weighted by atomic mass is 19.1. The number of phenolic OH excluding ortho intramolecular Hbond substituents is 1. The molecule has 0 spiro atoms. The average Bonchev–Trinajstić information content (AvgIpc) is 2.49. The van der Waals surface area contributed by atoms with E-state index in [2.05, 4.69) is 25.7 Å². The van der Waals surface area contributed by atoms with Gasteiger partial charge in [0, 0.05) is 6.54 Å². The van der Waals surface area contributed by atoms with E-state index < -0.39 is 6.17 Å². The lowest BCUT2D eigenvalue weighted by Gasteiger charge is -2.26. The zero-order valence-electron chi connectivity index (χ0n) is 15.7. The molecule has 1 fully saturated rings. The number of benzene rings is 1. The number of nitrogens with zero attached hydrogens (tertiary/aromatic N) is 1. The van der Waals surface area contributed by atoms with Crippen LogP contribution in [0.1, 0.15) is 58.9 Å². The van der Waals surface area contributed by atoms with Crippen LogP contribution in [-0.2, 0) is 0 Å². The van der Waals surface area contributed by atoms with Crippen LogP contribution in [0.2, 0.25) is 0 Å². The molecular formula is C20H36FNO. The first kappa shape index (κ1) is 21.9. The molecule has 0 amide bonds. The second-order valence-electron chi connectivity index (χ2n) is 7.04. The van der Waals surface area contributed by atoms with Crippen molar-refractivity contribution in [2.24, 2.45) is 5.92 Å². The first-order valence-electron chi connectivity index (χ1n) is 8.93. The van der Waals surface area contributed by atoms with Crippen molar-refractivity contribution in [3.63, 3.8) is 0 Å². The maximum Gasteiger partial charge on any atom is 0.115 e. The van der Waals surface area contributed by atoms with Crippen LogP contribution < -0.4 is 0 Å². The first-order valence-corrected chi connectivity index (χ1v) is 8.93. The number of aromatic hydroxyl groups is 1. The number of piperidine rings is 1. The second-order valence-corrected chi connectivity index (χ2v) is 7.04. The summed E-state index contributed by atoms with van der Waals surface area (Å²) in [7, 11) is 0. The number of aryl methyl sites for hydroxylation is 1. The molecule has 0 aliphatic carbocycles. The average molecular weight is 326 g/mol. The van der Waals surface area contributed by atoms with Crippen molar-refractivity contribution in [1.82, 2.24) is 4.90 Å². The lowest BCUT2D eigenvalue weighted by molar-refractivity contribution is 0.201. The van der Waals surface area contributed by atoms with Gasteiger partial charge < -0.3 is 10.0 Å². The predicted molar refractivity (Wildman–Crippen MR) is 98.8 cm³/mol. The van der Waals surface area contributed by atoms with Crippen molar-refractivity contribution < 1.29 is 9.50 Å². The molecule has 1 saturated heterocycles. The van der Waals surface area contributed by atoms with E-state index in [1.54, 1.807) is 19.1 Å². The minimum absolute atomic E-state index is 0.329. The quantitative estimate of drug-likeness (QED) is 0.784. The molecule has 2 rings (SSSR count). The minimum atomic E-state index is -0.628. The van der Waals surface area contributed by atoms with E-state index in [1.165, 1.54) is 37.9 Å². The van der Waals surface area contributed by atoms with Crippen LogP contribution in [0.5, 0.6) is 5.75 Å². The Hall–Kier alpha value is -1.09. The third kappa shape index (κ3) is 15.6. The van der Waals surface area contributed by atoms with Gasteiger partial charge in [0.2, 0.25) is 0 Å². The number of hydrogen-bond acceptors (Lipinski definition) is 2. The number of alkyl halides is 1. The summed E-state index contributed by atoms with van der Waals surface area (Å²) in [6.07, 6.45) is 4.06. The topological polar surface area (TPSA) is 23.5 Å². The normalized spacial score (nSPS) is 16.0. The molecule has 1 aliphatic heterocycles. The standard InChI is InChI=1S/C9H18FN.C7H8O.C4H10/c1-9(10)5-8-11-6-3-2-4-7-11;1-6-2-4-7(8)5-3-6;1-4(2)3/h9H,2-8H2,1H3;2-5,8H,1H3;4H,1-3H3. The zero-order chi connectivity index (χ0) is 17.7. The monoisotopic (exact) mass is 325 g/mol. The van der Waals surface area contributed by atoms with Crippen molar-refractivity contribution in [2.45, 2.75) is 66.5 Å². The van der Waals surface area contributed by atoms with Crippen LogP contribution in [0, 0.1) is 12.8 Å². The maximum absolute atomic E-state index is 12.4. The minimum Gasteiger partial charge on any atom is -0.508 e. The smallest absolute Gasteiger partial charge is 0.115 e. The van der Waals surface area contributed by atoms with Crippen LogP contribution in [0.25, 0.3) is 0 Å². The van der Waals surface area contributed by atoms with E-state index in [0.29, 0.717) is 12.2 Å². The van der Waals surface area contributed by atoms with E-state index in [0.717, 1.165) is 12.5 Å². The number of phenols is 1. The van der Waals surface area contributed by atoms with Gasteiger partial charge in [0.05, 0.1) is 6.17 Å². The predicted octanol–water partition coefficient (Wildman–Crippen LogP) is 5.58. The fourth-order valence-corrected chi connectivity index (χ4v) is 2.09. The number of likely N-dealkylation sites (tertiary alicyclic amines) is 1. The van der Waals surface area contributed by atoms with Crippen molar-refractivity contribution in [1.29, 1.82) is 0 Å². The summed E-state index contributed by atoms with van der Waals surface area (Å²) < 4.78 is 12.4. The Morgan fingerprint density at radius 1 is 1.00 bits per heavy atom. The molecule has 0 saturated carbocycles. The second kappa shape index (κ2) is 13.4. The maximum atomic E-state index is 12.4. The van der Waals surface area contributed by atoms with Crippen molar-refractivity contribution >= 4 is 0 Å². The molecule has 1 aliphatic rings. The lowest BCUT2D eigenvalue weighted by Crippen LogP contribution is -2.31. The Labute approximate surface area is 142 Å². The zero-order valence-corrected chi connectivity index (χ0v) is 15.7. The van der Waals surface area contributed by atoms with E-state index in [4.69, 9.17) is 5.11 Å². The number of rotatable bonds is 3. The molecule has 1 unspecified atom stereocenters. The van der Waals surface area contributed by atoms with Crippen molar-refractivity contribution in [3.05, 3.63) is 29.8 Å². The molecule has 0 bridgehead atoms. The van der Waals surface area contributed by atoms with Gasteiger partial charge in [0.15, 0.2) is 0 Å². The molecule has 1 atom stereocenters. The summed E-state index contributed by atoms with van der Waals surface area (Å²) in [5.41, 5.74) is 1.17. The molecule has 1 N–H and O–H groups in total. The SMILES string of the molecule is CC(C)C.CC(F)CCN1CCCCC1.Cc1ccc(O)cc1. The van der Waals surface area contributed by atoms with E-state index in [9.17, 15) is 4.39 Å². The fourth-order valence-electron chi connectivity index (χ4n) is 2.09. The molecule has 0 aromatic heterocycles. The van der Waals surface area contributed by atoms with E-state index >= 15 is 0 Å². The summed E-state index contributed by atoms with van der Waals surface area (Å²) in [4.78, 5) is 2.37. The molecule has 134 valence electrons. The van der Waals surface area contributed by atoms with Gasteiger partial charge in [-0.3, -0.25) is 0 Å². The van der Waals surface area contributed by atoms with Gasteiger partial charge in [0.25, 0.3) is 0 Å². The van der Waals surface area contributed by atoms with Gasteiger partial charge in [-0.05, 0) is 64.3 Å². The van der Waals surface area contributed by atoms with Crippen LogP contribution in [0.15, 0.2) is 24.3 Å². The Kier molecular flexibility index (Phi) is 12.7. The van der Waals surface area contributed by atoms with Crippen LogP contribution in [0.4, 0.5) is 4.39 Å². The molecule has 3 heteroatoms. The van der Waals surface area contributed by atoms with Crippen LogP contribution in [-0.4, -0.2) is 35.8 Å². The van der Waals surface area contributed by atoms with Gasteiger partial charge >= 0.3 is 0 Å². The highest BCUT2D eigenvalue weighted by molar-refractivity contribution is 5.24. The molecule has 1 aromatic carbocycles. The van der Waals surface area contributed by atoms with Gasteiger partial charge in [-0.15, -0.1) is 0 Å². The van der Waals surface area contributed by atoms with E-state index in [1.807, 2.05) is 19.1 Å². The lowest BCUT2D eigenvalue weighted by atomic mass is 10.1. The van der Waals surface area contributed by atoms with E-state index in [-0.39, 0.29) is 0 Å². The Morgan fingerprint density at radius 3 is 1.87 bits per heavy atom. The molecule has 23 heavy (non-hydrogen) atoms. The largest absolute Gasteiger partial charge is 0.508 e. The highest BCUT2D eigenvalue weighted by Gasteiger charge is 2.10. The molecule has 1 heterocycles.